The highest BCUT2D eigenvalue weighted by Crippen LogP contribution is 2.39. The van der Waals surface area contributed by atoms with Gasteiger partial charge in [0.1, 0.15) is 5.60 Å². The van der Waals surface area contributed by atoms with Crippen LogP contribution in [0.2, 0.25) is 0 Å². The molecule has 1 heterocycles. The van der Waals surface area contributed by atoms with Crippen molar-refractivity contribution in [3.05, 3.63) is 35.4 Å². The van der Waals surface area contributed by atoms with Crippen LogP contribution in [0.15, 0.2) is 24.3 Å². The fraction of sp³-hybridized carbons (Fsp3) is 0.632. The summed E-state index contributed by atoms with van der Waals surface area (Å²) in [4.78, 5) is 14.5. The molecule has 0 spiro atoms. The molecule has 1 amide bonds. The summed E-state index contributed by atoms with van der Waals surface area (Å²) in [6.07, 6.45) is 3.95. The molecular weight excluding hydrogens is 290 g/mol. The topological polar surface area (TPSA) is 49.8 Å². The van der Waals surface area contributed by atoms with Gasteiger partial charge in [0.25, 0.3) is 0 Å². The molecule has 1 aliphatic heterocycles. The quantitative estimate of drug-likeness (QED) is 0.860. The molecule has 0 saturated heterocycles. The molecule has 23 heavy (non-hydrogen) atoms. The Morgan fingerprint density at radius 3 is 2.43 bits per heavy atom. The third-order valence-corrected chi connectivity index (χ3v) is 4.97. The number of nitrogens with zero attached hydrogens (tertiary/aromatic N) is 1. The summed E-state index contributed by atoms with van der Waals surface area (Å²) >= 11 is 0. The largest absolute Gasteiger partial charge is 0.444 e. The maximum absolute atomic E-state index is 12.7. The molecule has 1 aromatic rings. The van der Waals surface area contributed by atoms with Gasteiger partial charge in [-0.15, -0.1) is 0 Å². The van der Waals surface area contributed by atoms with Gasteiger partial charge in [-0.25, -0.2) is 4.79 Å². The second kappa shape index (κ2) is 5.82. The maximum Gasteiger partial charge on any atom is 0.410 e. The molecule has 1 aliphatic carbocycles. The van der Waals surface area contributed by atoms with Crippen LogP contribution in [0.1, 0.15) is 57.6 Å². The Kier molecular flexibility index (Phi) is 4.13. The van der Waals surface area contributed by atoms with Gasteiger partial charge in [0.15, 0.2) is 0 Å². The van der Waals surface area contributed by atoms with Crippen LogP contribution in [0.4, 0.5) is 4.79 Å². The molecule has 126 valence electrons. The van der Waals surface area contributed by atoms with Crippen LogP contribution in [-0.2, 0) is 17.7 Å². The van der Waals surface area contributed by atoms with Crippen molar-refractivity contribution >= 4 is 6.09 Å². The number of fused-ring (bicyclic) bond motifs is 1. The standard InChI is InChI=1S/C19H27NO3/c1-18(2,3)23-17(21)20-13-15-9-5-4-8-14(15)12-16(20)19(22)10-6-7-11-19/h4-5,8-9,16,22H,6-7,10-13H2,1-3H3/t16-/m1/s1. The summed E-state index contributed by atoms with van der Waals surface area (Å²) in [5, 5.41) is 11.1. The number of ether oxygens (including phenoxy) is 1. The summed E-state index contributed by atoms with van der Waals surface area (Å²) in [5.74, 6) is 0. The predicted molar refractivity (Wildman–Crippen MR) is 89.1 cm³/mol. The third kappa shape index (κ3) is 3.37. The zero-order valence-corrected chi connectivity index (χ0v) is 14.3. The van der Waals surface area contributed by atoms with Gasteiger partial charge in [-0.3, -0.25) is 4.90 Å². The van der Waals surface area contributed by atoms with Crippen molar-refractivity contribution in [3.63, 3.8) is 0 Å². The summed E-state index contributed by atoms with van der Waals surface area (Å²) in [6, 6.07) is 7.98. The fourth-order valence-electron chi connectivity index (χ4n) is 3.84. The lowest BCUT2D eigenvalue weighted by Gasteiger charge is -2.44. The first kappa shape index (κ1) is 16.3. The lowest BCUT2D eigenvalue weighted by molar-refractivity contribution is -0.0593. The number of hydrogen-bond acceptors (Lipinski definition) is 3. The smallest absolute Gasteiger partial charge is 0.410 e. The Bertz CT molecular complexity index is 585. The first-order chi connectivity index (χ1) is 10.8. The van der Waals surface area contributed by atoms with Gasteiger partial charge in [-0.2, -0.15) is 0 Å². The predicted octanol–water partition coefficient (Wildman–Crippen LogP) is 3.65. The zero-order chi connectivity index (χ0) is 16.7. The van der Waals surface area contributed by atoms with Gasteiger partial charge in [-0.1, -0.05) is 37.1 Å². The molecule has 0 aromatic heterocycles. The number of aliphatic hydroxyl groups is 1. The van der Waals surface area contributed by atoms with Gasteiger partial charge in [-0.05, 0) is 51.2 Å². The van der Waals surface area contributed by atoms with E-state index in [1.165, 1.54) is 5.56 Å². The van der Waals surface area contributed by atoms with Crippen molar-refractivity contribution in [2.24, 2.45) is 0 Å². The second-order valence-corrected chi connectivity index (χ2v) is 7.91. The van der Waals surface area contributed by atoms with Crippen molar-refractivity contribution in [2.45, 2.75) is 76.7 Å². The van der Waals surface area contributed by atoms with Crippen molar-refractivity contribution in [3.8, 4) is 0 Å². The average molecular weight is 317 g/mol. The van der Waals surface area contributed by atoms with Gasteiger partial charge < -0.3 is 9.84 Å². The number of carbonyl (C=O) groups excluding carboxylic acids is 1. The molecule has 1 atom stereocenters. The Morgan fingerprint density at radius 2 is 1.83 bits per heavy atom. The van der Waals surface area contributed by atoms with Crippen molar-refractivity contribution in [1.82, 2.24) is 4.90 Å². The highest BCUT2D eigenvalue weighted by molar-refractivity contribution is 5.69. The molecule has 1 saturated carbocycles. The minimum absolute atomic E-state index is 0.199. The molecule has 2 aliphatic rings. The van der Waals surface area contributed by atoms with Crippen molar-refractivity contribution in [2.75, 3.05) is 0 Å². The van der Waals surface area contributed by atoms with E-state index in [1.807, 2.05) is 32.9 Å². The molecule has 0 radical (unpaired) electrons. The molecule has 4 heteroatoms. The van der Waals surface area contributed by atoms with Gasteiger partial charge in [0.05, 0.1) is 11.6 Å². The van der Waals surface area contributed by atoms with Crippen LogP contribution in [0.3, 0.4) is 0 Å². The summed E-state index contributed by atoms with van der Waals surface area (Å²) in [5.41, 5.74) is 1.07. The number of hydrogen-bond donors (Lipinski definition) is 1. The van der Waals surface area contributed by atoms with Crippen LogP contribution < -0.4 is 0 Å². The maximum atomic E-state index is 12.7. The van der Waals surface area contributed by atoms with E-state index < -0.39 is 11.2 Å². The second-order valence-electron chi connectivity index (χ2n) is 7.91. The molecule has 0 bridgehead atoms. The van der Waals surface area contributed by atoms with Crippen molar-refractivity contribution < 1.29 is 14.6 Å². The summed E-state index contributed by atoms with van der Waals surface area (Å²) in [7, 11) is 0. The summed E-state index contributed by atoms with van der Waals surface area (Å²) < 4.78 is 5.60. The van der Waals surface area contributed by atoms with E-state index in [9.17, 15) is 9.90 Å². The van der Waals surface area contributed by atoms with E-state index in [-0.39, 0.29) is 12.1 Å². The molecule has 1 fully saturated rings. The number of benzene rings is 1. The Hall–Kier alpha value is -1.55. The van der Waals surface area contributed by atoms with E-state index >= 15 is 0 Å². The van der Waals surface area contributed by atoms with Crippen LogP contribution in [-0.4, -0.2) is 33.3 Å². The SMILES string of the molecule is CC(C)(C)OC(=O)N1Cc2ccccc2C[C@@H]1C1(O)CCCC1. The van der Waals surface area contributed by atoms with Crippen molar-refractivity contribution in [1.29, 1.82) is 0 Å². The van der Waals surface area contributed by atoms with E-state index in [4.69, 9.17) is 4.74 Å². The molecule has 4 nitrogen and oxygen atoms in total. The fourth-order valence-corrected chi connectivity index (χ4v) is 3.84. The minimum Gasteiger partial charge on any atom is -0.444 e. The highest BCUT2D eigenvalue weighted by Gasteiger charge is 2.46. The van der Waals surface area contributed by atoms with E-state index in [0.717, 1.165) is 31.2 Å². The first-order valence-electron chi connectivity index (χ1n) is 8.57. The molecule has 1 aromatic carbocycles. The van der Waals surface area contributed by atoms with E-state index in [1.54, 1.807) is 4.90 Å². The Labute approximate surface area is 138 Å². The molecule has 0 unspecified atom stereocenters. The lowest BCUT2D eigenvalue weighted by atomic mass is 9.82. The van der Waals surface area contributed by atoms with Gasteiger partial charge >= 0.3 is 6.09 Å². The Balaban J connectivity index is 1.91. The van der Waals surface area contributed by atoms with Crippen LogP contribution in [0.5, 0.6) is 0 Å². The molecular formula is C19H27NO3. The zero-order valence-electron chi connectivity index (χ0n) is 14.3. The number of amides is 1. The van der Waals surface area contributed by atoms with E-state index in [0.29, 0.717) is 13.0 Å². The molecule has 3 rings (SSSR count). The monoisotopic (exact) mass is 317 g/mol. The minimum atomic E-state index is -0.787. The van der Waals surface area contributed by atoms with Crippen LogP contribution in [0, 0.1) is 0 Å². The normalized spacial score (nSPS) is 23.5. The number of carbonyl (C=O) groups is 1. The lowest BCUT2D eigenvalue weighted by Crippen LogP contribution is -2.57. The third-order valence-electron chi connectivity index (χ3n) is 4.97. The average Bonchev–Trinajstić information content (AvgIpc) is 2.92. The van der Waals surface area contributed by atoms with Crippen LogP contribution >= 0.6 is 0 Å². The Morgan fingerprint density at radius 1 is 1.22 bits per heavy atom. The van der Waals surface area contributed by atoms with Gasteiger partial charge in [0.2, 0.25) is 0 Å². The highest BCUT2D eigenvalue weighted by atomic mass is 16.6. The van der Waals surface area contributed by atoms with Gasteiger partial charge in [0, 0.05) is 6.54 Å². The van der Waals surface area contributed by atoms with E-state index in [2.05, 4.69) is 12.1 Å². The van der Waals surface area contributed by atoms with Crippen LogP contribution in [0.25, 0.3) is 0 Å². The molecule has 1 N–H and O–H groups in total. The summed E-state index contributed by atoms with van der Waals surface area (Å²) in [6.45, 7) is 6.14. The first-order valence-corrected chi connectivity index (χ1v) is 8.57. The number of rotatable bonds is 1.